The minimum absolute atomic E-state index is 0.116. The Morgan fingerprint density at radius 2 is 1.83 bits per heavy atom. The Morgan fingerprint density at radius 3 is 2.46 bits per heavy atom. The van der Waals surface area contributed by atoms with Crippen molar-refractivity contribution in [3.8, 4) is 17.2 Å². The molecule has 6 N–H and O–H groups in total. The van der Waals surface area contributed by atoms with Gasteiger partial charge in [0.2, 0.25) is 11.1 Å². The lowest BCUT2D eigenvalue weighted by atomic mass is 10.0. The van der Waals surface area contributed by atoms with Crippen molar-refractivity contribution in [1.29, 1.82) is 0 Å². The predicted octanol–water partition coefficient (Wildman–Crippen LogP) is 0.381. The van der Waals surface area contributed by atoms with Crippen LogP contribution in [0.3, 0.4) is 0 Å². The standard InChI is InChI=1S/C27H26N8O9S2/c1-33(22(40)13-5-8-16(37)17(38)9-13)26(44)29-18(12-3-6-15(36)7-4-12)21(39)28-19-23(41)35-20(25(42)43)14(10-45-24(19)35)11-46-27-30-31-32-34(27)2/h3-9,18-19,24,36-38H,10-11H2,1-2H3,(H,28,39)(H,29,44)(H,42,43)/t18?,19?,24-/m0/s1. The van der Waals surface area contributed by atoms with Gasteiger partial charge in [0.15, 0.2) is 11.5 Å². The number of carbonyl (C=O) groups is 5. The molecule has 2 aliphatic heterocycles. The summed E-state index contributed by atoms with van der Waals surface area (Å²) in [5.74, 6) is -4.37. The molecule has 2 aliphatic rings. The smallest absolute Gasteiger partial charge is 0.352 e. The van der Waals surface area contributed by atoms with Gasteiger partial charge in [0.1, 0.15) is 28.9 Å². The third kappa shape index (κ3) is 6.26. The summed E-state index contributed by atoms with van der Waals surface area (Å²) in [6.45, 7) is 0. The third-order valence-corrected chi connectivity index (χ3v) is 9.53. The van der Waals surface area contributed by atoms with Crippen LogP contribution in [0.5, 0.6) is 17.2 Å². The zero-order chi connectivity index (χ0) is 33.3. The van der Waals surface area contributed by atoms with Gasteiger partial charge in [-0.25, -0.2) is 14.3 Å². The highest BCUT2D eigenvalue weighted by Crippen LogP contribution is 2.41. The fraction of sp³-hybridized carbons (Fsp3) is 0.259. The van der Waals surface area contributed by atoms with E-state index in [9.17, 15) is 44.4 Å². The lowest BCUT2D eigenvalue weighted by Crippen LogP contribution is -2.71. The zero-order valence-electron chi connectivity index (χ0n) is 24.0. The number of benzene rings is 2. The maximum atomic E-state index is 13.6. The van der Waals surface area contributed by atoms with Gasteiger partial charge in [0.25, 0.3) is 11.8 Å². The van der Waals surface area contributed by atoms with Crippen LogP contribution in [-0.2, 0) is 21.4 Å². The first-order chi connectivity index (χ1) is 21.9. The number of nitrogens with zero attached hydrogens (tertiary/aromatic N) is 6. The number of aromatic hydroxyl groups is 3. The van der Waals surface area contributed by atoms with Gasteiger partial charge in [-0.1, -0.05) is 23.9 Å². The number of aryl methyl sites for hydroxylation is 1. The van der Waals surface area contributed by atoms with E-state index in [1.54, 1.807) is 7.05 Å². The summed E-state index contributed by atoms with van der Waals surface area (Å²) < 4.78 is 1.43. The second-order valence-electron chi connectivity index (χ2n) is 10.1. The summed E-state index contributed by atoms with van der Waals surface area (Å²) >= 11 is 2.46. The molecule has 3 heterocycles. The van der Waals surface area contributed by atoms with Crippen molar-refractivity contribution in [2.24, 2.45) is 7.05 Å². The molecule has 2 unspecified atom stereocenters. The van der Waals surface area contributed by atoms with E-state index in [1.165, 1.54) is 58.5 Å². The van der Waals surface area contributed by atoms with E-state index in [2.05, 4.69) is 26.2 Å². The number of β-lactam (4-membered cyclic amide) rings is 1. The molecular weight excluding hydrogens is 644 g/mol. The molecule has 0 saturated carbocycles. The van der Waals surface area contributed by atoms with Gasteiger partial charge in [-0.05, 0) is 51.9 Å². The van der Waals surface area contributed by atoms with Crippen molar-refractivity contribution in [2.45, 2.75) is 22.6 Å². The topological polar surface area (TPSA) is 240 Å². The minimum Gasteiger partial charge on any atom is -0.508 e. The number of carboxylic acid groups (broad SMARTS) is 1. The van der Waals surface area contributed by atoms with Crippen LogP contribution in [0.2, 0.25) is 0 Å². The van der Waals surface area contributed by atoms with Gasteiger partial charge in [-0.2, -0.15) is 0 Å². The van der Waals surface area contributed by atoms with Crippen LogP contribution in [0.4, 0.5) is 4.79 Å². The Kier molecular flexibility index (Phi) is 9.05. The van der Waals surface area contributed by atoms with E-state index in [4.69, 9.17) is 0 Å². The van der Waals surface area contributed by atoms with Crippen LogP contribution < -0.4 is 10.6 Å². The number of aromatic nitrogens is 4. The van der Waals surface area contributed by atoms with E-state index in [-0.39, 0.29) is 34.1 Å². The number of phenols is 3. The zero-order valence-corrected chi connectivity index (χ0v) is 25.7. The SMILES string of the molecule is CN(C(=O)NC(C(=O)NC1C(=O)N2C(C(=O)O)=C(CSc3nnnn3C)CS[C@@H]12)c1ccc(O)cc1)C(=O)c1ccc(O)c(O)c1. The Bertz CT molecular complexity index is 1760. The molecule has 1 fully saturated rings. The van der Waals surface area contributed by atoms with Gasteiger partial charge in [-0.3, -0.25) is 24.2 Å². The maximum absolute atomic E-state index is 13.6. The van der Waals surface area contributed by atoms with Crippen LogP contribution >= 0.6 is 23.5 Å². The molecule has 1 aromatic heterocycles. The van der Waals surface area contributed by atoms with Crippen LogP contribution in [0.15, 0.2) is 58.9 Å². The molecule has 0 radical (unpaired) electrons. The Hall–Kier alpha value is -5.30. The normalized spacial score (nSPS) is 17.9. The quantitative estimate of drug-likeness (QED) is 0.103. The van der Waals surface area contributed by atoms with Crippen molar-refractivity contribution in [3.63, 3.8) is 0 Å². The molecule has 19 heteroatoms. The van der Waals surface area contributed by atoms with Gasteiger partial charge in [-0.15, -0.1) is 16.9 Å². The number of fused-ring (bicyclic) bond motifs is 1. The van der Waals surface area contributed by atoms with Crippen LogP contribution in [0.1, 0.15) is 22.0 Å². The molecule has 3 aromatic rings. The lowest BCUT2D eigenvalue weighted by molar-refractivity contribution is -0.151. The summed E-state index contributed by atoms with van der Waals surface area (Å²) in [5.41, 5.74) is 0.367. The summed E-state index contributed by atoms with van der Waals surface area (Å²) in [7, 11) is 2.77. The molecule has 1 saturated heterocycles. The van der Waals surface area contributed by atoms with E-state index in [1.807, 2.05) is 0 Å². The number of thioether (sulfide) groups is 2. The fourth-order valence-electron chi connectivity index (χ4n) is 4.66. The average molecular weight is 671 g/mol. The number of aliphatic carboxylic acids is 1. The summed E-state index contributed by atoms with van der Waals surface area (Å²) in [6.07, 6.45) is 0. The second-order valence-corrected chi connectivity index (χ2v) is 12.1. The number of hydrogen-bond acceptors (Lipinski definition) is 13. The van der Waals surface area contributed by atoms with Crippen LogP contribution in [0, 0.1) is 0 Å². The minimum atomic E-state index is -1.45. The molecule has 240 valence electrons. The fourth-order valence-corrected chi connectivity index (χ4v) is 6.99. The number of imide groups is 1. The van der Waals surface area contributed by atoms with E-state index >= 15 is 0 Å². The average Bonchev–Trinajstić information content (AvgIpc) is 3.45. The largest absolute Gasteiger partial charge is 0.508 e. The highest BCUT2D eigenvalue weighted by Gasteiger charge is 2.54. The Balaban J connectivity index is 1.32. The van der Waals surface area contributed by atoms with Crippen molar-refractivity contribution < 1.29 is 44.4 Å². The number of tetrazole rings is 1. The third-order valence-electron chi connectivity index (χ3n) is 7.09. The number of carboxylic acids is 1. The molecule has 46 heavy (non-hydrogen) atoms. The van der Waals surface area contributed by atoms with E-state index in [0.29, 0.717) is 15.6 Å². The Morgan fingerprint density at radius 1 is 1.11 bits per heavy atom. The molecule has 5 rings (SSSR count). The van der Waals surface area contributed by atoms with Gasteiger partial charge >= 0.3 is 12.0 Å². The number of urea groups is 1. The van der Waals surface area contributed by atoms with Gasteiger partial charge in [0.05, 0.1) is 0 Å². The lowest BCUT2D eigenvalue weighted by Gasteiger charge is -2.49. The van der Waals surface area contributed by atoms with Gasteiger partial charge in [0, 0.05) is 31.2 Å². The van der Waals surface area contributed by atoms with Crippen LogP contribution in [-0.4, -0.2) is 110 Å². The van der Waals surface area contributed by atoms with Crippen LogP contribution in [0.25, 0.3) is 0 Å². The molecule has 3 atom stereocenters. The first kappa shape index (κ1) is 32.1. The number of carbonyl (C=O) groups excluding carboxylic acids is 4. The first-order valence-corrected chi connectivity index (χ1v) is 15.4. The first-order valence-electron chi connectivity index (χ1n) is 13.3. The molecule has 2 aromatic carbocycles. The summed E-state index contributed by atoms with van der Waals surface area (Å²) in [5, 5.41) is 54.9. The molecule has 5 amide bonds. The molecule has 0 bridgehead atoms. The summed E-state index contributed by atoms with van der Waals surface area (Å²) in [4.78, 5) is 66.9. The number of nitrogens with one attached hydrogen (secondary N) is 2. The highest BCUT2D eigenvalue weighted by molar-refractivity contribution is 8.01. The Labute approximate surface area is 268 Å². The molecule has 17 nitrogen and oxygen atoms in total. The number of rotatable bonds is 9. The van der Waals surface area contributed by atoms with Gasteiger partial charge < -0.3 is 31.1 Å². The van der Waals surface area contributed by atoms with E-state index in [0.717, 1.165) is 24.1 Å². The number of amides is 5. The maximum Gasteiger partial charge on any atom is 0.352 e. The number of phenolic OH excluding ortho intramolecular Hbond substituents is 3. The van der Waals surface area contributed by atoms with Crippen molar-refractivity contribution in [3.05, 3.63) is 64.9 Å². The molecule has 0 spiro atoms. The van der Waals surface area contributed by atoms with Crippen molar-refractivity contribution in [2.75, 3.05) is 18.6 Å². The van der Waals surface area contributed by atoms with E-state index < -0.39 is 58.7 Å². The second kappa shape index (κ2) is 13.0. The predicted molar refractivity (Wildman–Crippen MR) is 160 cm³/mol. The monoisotopic (exact) mass is 670 g/mol. The summed E-state index contributed by atoms with van der Waals surface area (Å²) in [6, 6.07) is 4.94. The van der Waals surface area contributed by atoms with Crippen molar-refractivity contribution >= 4 is 53.2 Å². The highest BCUT2D eigenvalue weighted by atomic mass is 32.2. The number of hydrogen-bond donors (Lipinski definition) is 6. The molecule has 0 aliphatic carbocycles. The molecular formula is C27H26N8O9S2. The van der Waals surface area contributed by atoms with Crippen molar-refractivity contribution in [1.82, 2.24) is 40.6 Å².